The van der Waals surface area contributed by atoms with Crippen molar-refractivity contribution in [3.05, 3.63) is 59.2 Å². The predicted molar refractivity (Wildman–Crippen MR) is 100 cm³/mol. The van der Waals surface area contributed by atoms with Gasteiger partial charge in [0, 0.05) is 11.7 Å². The molecule has 1 aliphatic carbocycles. The third-order valence-corrected chi connectivity index (χ3v) is 5.45. The molecule has 0 radical (unpaired) electrons. The largest absolute Gasteiger partial charge is 0.481 e. The zero-order chi connectivity index (χ0) is 17.4. The smallest absolute Gasteiger partial charge is 0.268 e. The van der Waals surface area contributed by atoms with Crippen molar-refractivity contribution in [3.63, 3.8) is 0 Å². The molecule has 0 unspecified atom stereocenters. The molecule has 1 amide bonds. The molecule has 0 saturated carbocycles. The molecule has 0 aromatic heterocycles. The molecule has 4 rings (SSSR count). The first kappa shape index (κ1) is 16.2. The average Bonchev–Trinajstić information content (AvgIpc) is 2.97. The van der Waals surface area contributed by atoms with E-state index in [0.29, 0.717) is 0 Å². The Kier molecular flexibility index (Phi) is 4.24. The number of aryl methyl sites for hydroxylation is 1. The summed E-state index contributed by atoms with van der Waals surface area (Å²) in [5.41, 5.74) is 4.95. The molecule has 1 heterocycles. The van der Waals surface area contributed by atoms with Crippen molar-refractivity contribution < 1.29 is 9.53 Å². The summed E-state index contributed by atoms with van der Waals surface area (Å²) < 4.78 is 6.16. The molecule has 25 heavy (non-hydrogen) atoms. The van der Waals surface area contributed by atoms with Crippen LogP contribution < -0.4 is 9.64 Å². The number of amides is 1. The lowest BCUT2D eigenvalue weighted by Crippen LogP contribution is -2.43. The fraction of sp³-hybridized carbons (Fsp3) is 0.409. The molecule has 2 atom stereocenters. The molecular weight excluding hydrogens is 310 g/mol. The summed E-state index contributed by atoms with van der Waals surface area (Å²) in [7, 11) is 0. The number of hydrogen-bond donors (Lipinski definition) is 0. The number of anilines is 1. The average molecular weight is 335 g/mol. The summed E-state index contributed by atoms with van der Waals surface area (Å²) in [5.74, 6) is 0.934. The van der Waals surface area contributed by atoms with Gasteiger partial charge in [0.25, 0.3) is 5.91 Å². The number of nitrogens with zero attached hydrogens (tertiary/aromatic N) is 1. The molecule has 3 nitrogen and oxygen atoms in total. The van der Waals surface area contributed by atoms with E-state index in [0.717, 1.165) is 30.7 Å². The molecule has 0 saturated heterocycles. The summed E-state index contributed by atoms with van der Waals surface area (Å²) in [4.78, 5) is 15.0. The fourth-order valence-electron chi connectivity index (χ4n) is 4.19. The van der Waals surface area contributed by atoms with E-state index in [4.69, 9.17) is 4.74 Å². The Labute approximate surface area is 149 Å². The lowest BCUT2D eigenvalue weighted by atomic mass is 9.91. The monoisotopic (exact) mass is 335 g/mol. The van der Waals surface area contributed by atoms with Gasteiger partial charge in [-0.3, -0.25) is 4.79 Å². The van der Waals surface area contributed by atoms with Crippen LogP contribution in [0.4, 0.5) is 5.69 Å². The number of benzene rings is 2. The van der Waals surface area contributed by atoms with E-state index >= 15 is 0 Å². The maximum atomic E-state index is 13.1. The molecule has 1 aliphatic heterocycles. The molecule has 130 valence electrons. The second-order valence-corrected chi connectivity index (χ2v) is 7.25. The van der Waals surface area contributed by atoms with Gasteiger partial charge in [0.05, 0.1) is 0 Å². The Morgan fingerprint density at radius 2 is 1.84 bits per heavy atom. The van der Waals surface area contributed by atoms with Crippen LogP contribution in [0.3, 0.4) is 0 Å². The van der Waals surface area contributed by atoms with Crippen LogP contribution in [-0.4, -0.2) is 18.1 Å². The first-order valence-electron chi connectivity index (χ1n) is 9.33. The van der Waals surface area contributed by atoms with E-state index < -0.39 is 6.10 Å². The van der Waals surface area contributed by atoms with E-state index in [2.05, 4.69) is 19.1 Å². The second kappa shape index (κ2) is 6.55. The fourth-order valence-corrected chi connectivity index (χ4v) is 4.19. The molecular formula is C22H25NO2. The van der Waals surface area contributed by atoms with Gasteiger partial charge in [-0.05, 0) is 74.8 Å². The number of hydrogen-bond acceptors (Lipinski definition) is 2. The standard InChI is InChI=1S/C22H25NO2/c1-15-14-18-9-4-6-12-20(18)23(15)22(24)16(2)25-21-13-7-10-17-8-3-5-11-19(17)21/h4,6-7,9-10,12-13,15-16H,3,5,8,11,14H2,1-2H3/t15-,16+/m0/s1. The van der Waals surface area contributed by atoms with Crippen LogP contribution in [0.25, 0.3) is 0 Å². The zero-order valence-electron chi connectivity index (χ0n) is 15.0. The van der Waals surface area contributed by atoms with Crippen molar-refractivity contribution in [1.82, 2.24) is 0 Å². The molecule has 0 fully saturated rings. The van der Waals surface area contributed by atoms with Gasteiger partial charge in [-0.15, -0.1) is 0 Å². The van der Waals surface area contributed by atoms with Crippen LogP contribution in [0.2, 0.25) is 0 Å². The highest BCUT2D eigenvalue weighted by Crippen LogP contribution is 2.34. The maximum Gasteiger partial charge on any atom is 0.268 e. The van der Waals surface area contributed by atoms with Gasteiger partial charge in [-0.1, -0.05) is 30.3 Å². The summed E-state index contributed by atoms with van der Waals surface area (Å²) in [6.07, 6.45) is 5.04. The number of carbonyl (C=O) groups is 1. The first-order chi connectivity index (χ1) is 12.1. The van der Waals surface area contributed by atoms with Gasteiger partial charge in [-0.2, -0.15) is 0 Å². The van der Waals surface area contributed by atoms with E-state index in [1.54, 1.807) is 0 Å². The minimum absolute atomic E-state index is 0.0471. The highest BCUT2D eigenvalue weighted by Gasteiger charge is 2.34. The second-order valence-electron chi connectivity index (χ2n) is 7.25. The van der Waals surface area contributed by atoms with Crippen LogP contribution in [0, 0.1) is 0 Å². The van der Waals surface area contributed by atoms with Crippen molar-refractivity contribution >= 4 is 11.6 Å². The molecule has 0 spiro atoms. The van der Waals surface area contributed by atoms with Crippen LogP contribution in [0.15, 0.2) is 42.5 Å². The summed E-state index contributed by atoms with van der Waals surface area (Å²) in [5, 5.41) is 0. The van der Waals surface area contributed by atoms with Gasteiger partial charge in [0.1, 0.15) is 5.75 Å². The number of fused-ring (bicyclic) bond motifs is 2. The minimum Gasteiger partial charge on any atom is -0.481 e. The maximum absolute atomic E-state index is 13.1. The summed E-state index contributed by atoms with van der Waals surface area (Å²) in [6.45, 7) is 3.98. The molecule has 3 heteroatoms. The van der Waals surface area contributed by atoms with Gasteiger partial charge in [0.15, 0.2) is 6.10 Å². The van der Waals surface area contributed by atoms with Gasteiger partial charge < -0.3 is 9.64 Å². The van der Waals surface area contributed by atoms with Crippen molar-refractivity contribution in [2.24, 2.45) is 0 Å². The Morgan fingerprint density at radius 3 is 2.72 bits per heavy atom. The summed E-state index contributed by atoms with van der Waals surface area (Å²) >= 11 is 0. The Balaban J connectivity index is 1.56. The number of rotatable bonds is 3. The van der Waals surface area contributed by atoms with Gasteiger partial charge in [0.2, 0.25) is 0 Å². The van der Waals surface area contributed by atoms with Crippen LogP contribution in [0.1, 0.15) is 43.4 Å². The van der Waals surface area contributed by atoms with E-state index in [9.17, 15) is 4.79 Å². The van der Waals surface area contributed by atoms with Crippen molar-refractivity contribution in [1.29, 1.82) is 0 Å². The normalized spacial score (nSPS) is 19.9. The third-order valence-electron chi connectivity index (χ3n) is 5.45. The SMILES string of the molecule is C[C@@H](Oc1cccc2c1CCCC2)C(=O)N1c2ccccc2C[C@@H]1C. The topological polar surface area (TPSA) is 29.5 Å². The summed E-state index contributed by atoms with van der Waals surface area (Å²) in [6, 6.07) is 14.6. The van der Waals surface area contributed by atoms with E-state index in [1.807, 2.05) is 42.2 Å². The Hall–Kier alpha value is -2.29. The van der Waals surface area contributed by atoms with Crippen LogP contribution >= 0.6 is 0 Å². The number of para-hydroxylation sites is 1. The van der Waals surface area contributed by atoms with Crippen molar-refractivity contribution in [2.75, 3.05) is 4.90 Å². The van der Waals surface area contributed by atoms with Crippen molar-refractivity contribution in [3.8, 4) is 5.75 Å². The zero-order valence-corrected chi connectivity index (χ0v) is 15.0. The van der Waals surface area contributed by atoms with E-state index in [1.165, 1.54) is 29.5 Å². The highest BCUT2D eigenvalue weighted by atomic mass is 16.5. The quantitative estimate of drug-likeness (QED) is 0.836. The molecule has 2 aromatic carbocycles. The van der Waals surface area contributed by atoms with E-state index in [-0.39, 0.29) is 11.9 Å². The minimum atomic E-state index is -0.484. The van der Waals surface area contributed by atoms with Crippen LogP contribution in [0.5, 0.6) is 5.75 Å². The number of ether oxygens (including phenoxy) is 1. The molecule has 0 bridgehead atoms. The molecule has 2 aromatic rings. The lowest BCUT2D eigenvalue weighted by molar-refractivity contribution is -0.124. The van der Waals surface area contributed by atoms with Gasteiger partial charge >= 0.3 is 0 Å². The highest BCUT2D eigenvalue weighted by molar-refractivity contribution is 5.99. The molecule has 0 N–H and O–H groups in total. The Bertz CT molecular complexity index is 798. The first-order valence-corrected chi connectivity index (χ1v) is 9.33. The Morgan fingerprint density at radius 1 is 1.08 bits per heavy atom. The lowest BCUT2D eigenvalue weighted by Gasteiger charge is -2.27. The number of carbonyl (C=O) groups excluding carboxylic acids is 1. The third kappa shape index (κ3) is 2.92. The van der Waals surface area contributed by atoms with Gasteiger partial charge in [-0.25, -0.2) is 0 Å². The van der Waals surface area contributed by atoms with Crippen LogP contribution in [-0.2, 0) is 24.1 Å². The predicted octanol–water partition coefficient (Wildman–Crippen LogP) is 4.31. The van der Waals surface area contributed by atoms with Crippen molar-refractivity contribution in [2.45, 2.75) is 58.1 Å². The molecule has 2 aliphatic rings.